The van der Waals surface area contributed by atoms with E-state index in [1.807, 2.05) is 48.7 Å². The number of pyridine rings is 1. The van der Waals surface area contributed by atoms with Crippen molar-refractivity contribution in [3.05, 3.63) is 48.0 Å². The van der Waals surface area contributed by atoms with Gasteiger partial charge in [-0.3, -0.25) is 4.98 Å². The Bertz CT molecular complexity index is 467. The molecule has 2 rings (SSSR count). The maximum absolute atomic E-state index is 4.36. The summed E-state index contributed by atoms with van der Waals surface area (Å²) in [7, 11) is 2.00. The maximum atomic E-state index is 4.36. The van der Waals surface area contributed by atoms with Gasteiger partial charge in [0, 0.05) is 44.3 Å². The van der Waals surface area contributed by atoms with E-state index in [0.717, 1.165) is 36.6 Å². The summed E-state index contributed by atoms with van der Waals surface area (Å²) in [5.74, 6) is 0.767. The third-order valence-electron chi connectivity index (χ3n) is 2.87. The van der Waals surface area contributed by atoms with Gasteiger partial charge in [0.25, 0.3) is 0 Å². The SMILES string of the molecule is CCc1cnc(N(C)CCc2ccccn2)nc1. The van der Waals surface area contributed by atoms with Gasteiger partial charge in [-0.25, -0.2) is 9.97 Å². The molecule has 94 valence electrons. The predicted octanol–water partition coefficient (Wildman–Crippen LogP) is 2.11. The lowest BCUT2D eigenvalue weighted by Crippen LogP contribution is -2.22. The number of aryl methyl sites for hydroxylation is 1. The molecule has 0 bridgehead atoms. The van der Waals surface area contributed by atoms with Gasteiger partial charge in [-0.15, -0.1) is 0 Å². The van der Waals surface area contributed by atoms with E-state index < -0.39 is 0 Å². The first kappa shape index (κ1) is 12.5. The molecule has 0 atom stereocenters. The second-order valence-corrected chi connectivity index (χ2v) is 4.24. The summed E-state index contributed by atoms with van der Waals surface area (Å²) in [4.78, 5) is 15.1. The number of hydrogen-bond donors (Lipinski definition) is 0. The second-order valence-electron chi connectivity index (χ2n) is 4.24. The second kappa shape index (κ2) is 6.10. The third-order valence-corrected chi connectivity index (χ3v) is 2.87. The fourth-order valence-electron chi connectivity index (χ4n) is 1.66. The molecule has 4 heteroatoms. The van der Waals surface area contributed by atoms with Gasteiger partial charge in [0.1, 0.15) is 0 Å². The zero-order valence-corrected chi connectivity index (χ0v) is 10.9. The van der Waals surface area contributed by atoms with Crippen LogP contribution < -0.4 is 4.90 Å². The Balaban J connectivity index is 1.93. The fourth-order valence-corrected chi connectivity index (χ4v) is 1.66. The molecule has 2 heterocycles. The molecular formula is C14H18N4. The van der Waals surface area contributed by atoms with Crippen molar-refractivity contribution in [2.24, 2.45) is 0 Å². The van der Waals surface area contributed by atoms with E-state index in [0.29, 0.717) is 0 Å². The van der Waals surface area contributed by atoms with E-state index in [4.69, 9.17) is 0 Å². The number of anilines is 1. The summed E-state index contributed by atoms with van der Waals surface area (Å²) in [5, 5.41) is 0. The van der Waals surface area contributed by atoms with Crippen LogP contribution in [0.3, 0.4) is 0 Å². The molecule has 0 saturated carbocycles. The Morgan fingerprint density at radius 2 is 1.89 bits per heavy atom. The lowest BCUT2D eigenvalue weighted by molar-refractivity contribution is 0.817. The molecular weight excluding hydrogens is 224 g/mol. The Hall–Kier alpha value is -1.97. The lowest BCUT2D eigenvalue weighted by Gasteiger charge is -2.16. The normalized spacial score (nSPS) is 10.3. The lowest BCUT2D eigenvalue weighted by atomic mass is 10.2. The molecule has 0 saturated heterocycles. The third kappa shape index (κ3) is 3.26. The highest BCUT2D eigenvalue weighted by Gasteiger charge is 2.04. The number of hydrogen-bond acceptors (Lipinski definition) is 4. The number of likely N-dealkylation sites (N-methyl/N-ethyl adjacent to an activating group) is 1. The molecule has 2 aromatic rings. The zero-order valence-electron chi connectivity index (χ0n) is 10.9. The summed E-state index contributed by atoms with van der Waals surface area (Å²) in [6.07, 6.45) is 7.47. The number of rotatable bonds is 5. The van der Waals surface area contributed by atoms with Crippen LogP contribution in [0.25, 0.3) is 0 Å². The van der Waals surface area contributed by atoms with Crippen LogP contribution in [0, 0.1) is 0 Å². The Morgan fingerprint density at radius 3 is 2.50 bits per heavy atom. The molecule has 2 aromatic heterocycles. The molecule has 0 spiro atoms. The van der Waals surface area contributed by atoms with E-state index >= 15 is 0 Å². The average Bonchev–Trinajstić information content (AvgIpc) is 2.46. The largest absolute Gasteiger partial charge is 0.343 e. The molecule has 0 fully saturated rings. The van der Waals surface area contributed by atoms with Crippen LogP contribution in [0.5, 0.6) is 0 Å². The van der Waals surface area contributed by atoms with E-state index in [1.54, 1.807) is 0 Å². The fraction of sp³-hybridized carbons (Fsp3) is 0.357. The molecule has 18 heavy (non-hydrogen) atoms. The Kier molecular flexibility index (Phi) is 4.23. The van der Waals surface area contributed by atoms with Crippen LogP contribution in [-0.2, 0) is 12.8 Å². The van der Waals surface area contributed by atoms with Gasteiger partial charge in [-0.2, -0.15) is 0 Å². The smallest absolute Gasteiger partial charge is 0.225 e. The van der Waals surface area contributed by atoms with Gasteiger partial charge in [0.05, 0.1) is 0 Å². The van der Waals surface area contributed by atoms with Gasteiger partial charge >= 0.3 is 0 Å². The molecule has 0 aliphatic rings. The molecule has 0 aliphatic carbocycles. The quantitative estimate of drug-likeness (QED) is 0.805. The number of aromatic nitrogens is 3. The minimum absolute atomic E-state index is 0.767. The highest BCUT2D eigenvalue weighted by molar-refractivity contribution is 5.28. The molecule has 0 aliphatic heterocycles. The first-order valence-electron chi connectivity index (χ1n) is 6.21. The van der Waals surface area contributed by atoms with Crippen LogP contribution in [0.2, 0.25) is 0 Å². The highest BCUT2D eigenvalue weighted by Crippen LogP contribution is 2.06. The van der Waals surface area contributed by atoms with Crippen molar-refractivity contribution in [3.63, 3.8) is 0 Å². The Labute approximate surface area is 108 Å². The minimum Gasteiger partial charge on any atom is -0.343 e. The first-order chi connectivity index (χ1) is 8.79. The molecule has 0 N–H and O–H groups in total. The summed E-state index contributed by atoms with van der Waals surface area (Å²) < 4.78 is 0. The predicted molar refractivity (Wildman–Crippen MR) is 72.6 cm³/mol. The molecule has 4 nitrogen and oxygen atoms in total. The average molecular weight is 242 g/mol. The van der Waals surface area contributed by atoms with Crippen molar-refractivity contribution in [2.75, 3.05) is 18.5 Å². The van der Waals surface area contributed by atoms with Crippen LogP contribution in [0.1, 0.15) is 18.2 Å². The zero-order chi connectivity index (χ0) is 12.8. The van der Waals surface area contributed by atoms with Crippen molar-refractivity contribution in [2.45, 2.75) is 19.8 Å². The molecule has 0 aromatic carbocycles. The van der Waals surface area contributed by atoms with Gasteiger partial charge in [-0.05, 0) is 24.1 Å². The van der Waals surface area contributed by atoms with Crippen LogP contribution in [0.15, 0.2) is 36.8 Å². The standard InChI is InChI=1S/C14H18N4/c1-3-12-10-16-14(17-11-12)18(2)9-7-13-6-4-5-8-15-13/h4-6,8,10-11H,3,7,9H2,1-2H3. The highest BCUT2D eigenvalue weighted by atomic mass is 15.2. The summed E-state index contributed by atoms with van der Waals surface area (Å²) in [6.45, 7) is 2.96. The van der Waals surface area contributed by atoms with E-state index in [2.05, 4.69) is 21.9 Å². The topological polar surface area (TPSA) is 41.9 Å². The van der Waals surface area contributed by atoms with Crippen molar-refractivity contribution in [1.82, 2.24) is 15.0 Å². The van der Waals surface area contributed by atoms with Gasteiger partial charge in [0.15, 0.2) is 0 Å². The molecule has 0 radical (unpaired) electrons. The van der Waals surface area contributed by atoms with Crippen LogP contribution in [-0.4, -0.2) is 28.5 Å². The van der Waals surface area contributed by atoms with E-state index in [9.17, 15) is 0 Å². The Morgan fingerprint density at radius 1 is 1.11 bits per heavy atom. The monoisotopic (exact) mass is 242 g/mol. The minimum atomic E-state index is 0.767. The van der Waals surface area contributed by atoms with Crippen LogP contribution in [0.4, 0.5) is 5.95 Å². The van der Waals surface area contributed by atoms with Gasteiger partial charge in [-0.1, -0.05) is 13.0 Å². The number of nitrogens with zero attached hydrogens (tertiary/aromatic N) is 4. The van der Waals surface area contributed by atoms with Gasteiger partial charge in [0.2, 0.25) is 5.95 Å². The molecule has 0 unspecified atom stereocenters. The summed E-state index contributed by atoms with van der Waals surface area (Å²) in [6, 6.07) is 5.98. The van der Waals surface area contributed by atoms with Gasteiger partial charge < -0.3 is 4.90 Å². The van der Waals surface area contributed by atoms with Crippen molar-refractivity contribution in [1.29, 1.82) is 0 Å². The van der Waals surface area contributed by atoms with Crippen molar-refractivity contribution >= 4 is 5.95 Å². The van der Waals surface area contributed by atoms with Crippen molar-refractivity contribution < 1.29 is 0 Å². The first-order valence-corrected chi connectivity index (χ1v) is 6.21. The summed E-state index contributed by atoms with van der Waals surface area (Å²) in [5.41, 5.74) is 2.26. The maximum Gasteiger partial charge on any atom is 0.225 e. The summed E-state index contributed by atoms with van der Waals surface area (Å²) >= 11 is 0. The van der Waals surface area contributed by atoms with E-state index in [1.165, 1.54) is 0 Å². The van der Waals surface area contributed by atoms with Crippen molar-refractivity contribution in [3.8, 4) is 0 Å². The van der Waals surface area contributed by atoms with Crippen LogP contribution >= 0.6 is 0 Å². The van der Waals surface area contributed by atoms with E-state index in [-0.39, 0.29) is 0 Å². The molecule has 0 amide bonds.